The molecule has 7 nitrogen and oxygen atoms in total. The highest BCUT2D eigenvalue weighted by atomic mass is 16.5. The van der Waals surface area contributed by atoms with Gasteiger partial charge in [0.25, 0.3) is 5.91 Å². The fraction of sp³-hybridized carbons (Fsp3) is 0.550. The van der Waals surface area contributed by atoms with Crippen molar-refractivity contribution in [3.8, 4) is 0 Å². The van der Waals surface area contributed by atoms with Gasteiger partial charge in [0, 0.05) is 50.2 Å². The molecule has 4 rings (SSSR count). The Hall–Kier alpha value is -2.41. The zero-order valence-corrected chi connectivity index (χ0v) is 15.9. The van der Waals surface area contributed by atoms with Crippen molar-refractivity contribution in [1.82, 2.24) is 15.3 Å². The zero-order chi connectivity index (χ0) is 18.8. The molecule has 2 aromatic rings. The lowest BCUT2D eigenvalue weighted by atomic mass is 9.96. The van der Waals surface area contributed by atoms with Crippen LogP contribution in [0.4, 0.5) is 5.95 Å². The number of anilines is 1. The number of hydrogen-bond donors (Lipinski definition) is 1. The smallest absolute Gasteiger partial charge is 0.255 e. The fourth-order valence-electron chi connectivity index (χ4n) is 3.91. The number of aromatic nitrogens is 2. The molecule has 1 unspecified atom stereocenters. The Morgan fingerprint density at radius 2 is 2.07 bits per heavy atom. The van der Waals surface area contributed by atoms with Crippen LogP contribution in [0.15, 0.2) is 22.7 Å². The van der Waals surface area contributed by atoms with Crippen molar-refractivity contribution in [1.29, 1.82) is 0 Å². The number of ether oxygens (including phenoxy) is 1. The standard InChI is InChI=1S/C20H26N4O3/c1-13-11-17(14(2)27-13)19(25)22-16-4-8-24(12-16)20-21-7-3-18(23-20)15-5-9-26-10-6-15/h3,7,11,15-16H,4-6,8-10,12H2,1-2H3,(H,22,25). The van der Waals surface area contributed by atoms with E-state index in [-0.39, 0.29) is 11.9 Å². The molecule has 0 spiro atoms. The summed E-state index contributed by atoms with van der Waals surface area (Å²) in [6, 6.07) is 3.89. The van der Waals surface area contributed by atoms with Crippen molar-refractivity contribution in [2.24, 2.45) is 0 Å². The van der Waals surface area contributed by atoms with Crippen LogP contribution in [0.5, 0.6) is 0 Å². The van der Waals surface area contributed by atoms with Crippen LogP contribution in [-0.4, -0.2) is 48.2 Å². The number of amides is 1. The lowest BCUT2D eigenvalue weighted by Gasteiger charge is -2.23. The number of aryl methyl sites for hydroxylation is 2. The molecule has 0 saturated carbocycles. The molecular formula is C20H26N4O3. The summed E-state index contributed by atoms with van der Waals surface area (Å²) >= 11 is 0. The second-order valence-corrected chi connectivity index (χ2v) is 7.40. The third kappa shape index (κ3) is 3.98. The van der Waals surface area contributed by atoms with Crippen LogP contribution in [0.2, 0.25) is 0 Å². The summed E-state index contributed by atoms with van der Waals surface area (Å²) in [6.07, 6.45) is 4.75. The highest BCUT2D eigenvalue weighted by Crippen LogP contribution is 2.27. The van der Waals surface area contributed by atoms with E-state index in [1.54, 1.807) is 6.07 Å². The quantitative estimate of drug-likeness (QED) is 0.891. The first-order valence-electron chi connectivity index (χ1n) is 9.63. The Bertz CT molecular complexity index is 813. The molecule has 0 aliphatic carbocycles. The fourth-order valence-corrected chi connectivity index (χ4v) is 3.91. The lowest BCUT2D eigenvalue weighted by Crippen LogP contribution is -2.37. The molecule has 2 saturated heterocycles. The summed E-state index contributed by atoms with van der Waals surface area (Å²) < 4.78 is 10.9. The maximum atomic E-state index is 12.5. The van der Waals surface area contributed by atoms with E-state index in [1.165, 1.54) is 0 Å². The Balaban J connectivity index is 1.39. The van der Waals surface area contributed by atoms with Gasteiger partial charge in [0.2, 0.25) is 5.95 Å². The third-order valence-electron chi connectivity index (χ3n) is 5.40. The van der Waals surface area contributed by atoms with E-state index >= 15 is 0 Å². The number of carbonyl (C=O) groups excluding carboxylic acids is 1. The van der Waals surface area contributed by atoms with Gasteiger partial charge >= 0.3 is 0 Å². The first-order chi connectivity index (χ1) is 13.1. The SMILES string of the molecule is Cc1cc(C(=O)NC2CCN(c3nccc(C4CCOCC4)n3)C2)c(C)o1. The molecule has 2 aromatic heterocycles. The Kier molecular flexibility index (Phi) is 5.11. The Morgan fingerprint density at radius 3 is 2.81 bits per heavy atom. The third-order valence-corrected chi connectivity index (χ3v) is 5.40. The normalized spacial score (nSPS) is 20.8. The van der Waals surface area contributed by atoms with Gasteiger partial charge < -0.3 is 19.4 Å². The van der Waals surface area contributed by atoms with Gasteiger partial charge in [0.1, 0.15) is 11.5 Å². The lowest BCUT2D eigenvalue weighted by molar-refractivity contribution is 0.0845. The molecule has 1 atom stereocenters. The Morgan fingerprint density at radius 1 is 1.26 bits per heavy atom. The molecule has 0 radical (unpaired) electrons. The van der Waals surface area contributed by atoms with Crippen LogP contribution in [0.1, 0.15) is 52.8 Å². The van der Waals surface area contributed by atoms with Gasteiger partial charge in [-0.15, -0.1) is 0 Å². The monoisotopic (exact) mass is 370 g/mol. The number of carbonyl (C=O) groups is 1. The zero-order valence-electron chi connectivity index (χ0n) is 15.9. The van der Waals surface area contributed by atoms with Crippen molar-refractivity contribution >= 4 is 11.9 Å². The van der Waals surface area contributed by atoms with Crippen LogP contribution in [0.3, 0.4) is 0 Å². The maximum absolute atomic E-state index is 12.5. The van der Waals surface area contributed by atoms with E-state index < -0.39 is 0 Å². The average molecular weight is 370 g/mol. The largest absolute Gasteiger partial charge is 0.466 e. The van der Waals surface area contributed by atoms with Crippen molar-refractivity contribution < 1.29 is 13.9 Å². The number of furan rings is 1. The molecule has 2 aliphatic rings. The summed E-state index contributed by atoms with van der Waals surface area (Å²) in [6.45, 7) is 6.83. The topological polar surface area (TPSA) is 80.5 Å². The predicted octanol–water partition coefficient (Wildman–Crippen LogP) is 2.59. The van der Waals surface area contributed by atoms with Crippen LogP contribution in [0, 0.1) is 13.8 Å². The molecule has 4 heterocycles. The van der Waals surface area contributed by atoms with Gasteiger partial charge in [-0.25, -0.2) is 9.97 Å². The second kappa shape index (κ2) is 7.68. The maximum Gasteiger partial charge on any atom is 0.255 e. The summed E-state index contributed by atoms with van der Waals surface area (Å²) in [7, 11) is 0. The highest BCUT2D eigenvalue weighted by molar-refractivity contribution is 5.95. The molecule has 144 valence electrons. The van der Waals surface area contributed by atoms with Crippen LogP contribution in [-0.2, 0) is 4.74 Å². The number of rotatable bonds is 4. The molecule has 1 amide bonds. The van der Waals surface area contributed by atoms with E-state index in [1.807, 2.05) is 26.1 Å². The van der Waals surface area contributed by atoms with Crippen LogP contribution >= 0.6 is 0 Å². The minimum atomic E-state index is -0.0759. The van der Waals surface area contributed by atoms with Crippen molar-refractivity contribution in [2.45, 2.75) is 45.1 Å². The molecule has 0 bridgehead atoms. The van der Waals surface area contributed by atoms with Gasteiger partial charge in [0.15, 0.2) is 0 Å². The molecule has 7 heteroatoms. The molecular weight excluding hydrogens is 344 g/mol. The molecule has 2 fully saturated rings. The minimum Gasteiger partial charge on any atom is -0.466 e. The van der Waals surface area contributed by atoms with E-state index in [4.69, 9.17) is 14.1 Å². The van der Waals surface area contributed by atoms with E-state index in [0.717, 1.165) is 63.0 Å². The van der Waals surface area contributed by atoms with Crippen molar-refractivity contribution in [3.63, 3.8) is 0 Å². The summed E-state index contributed by atoms with van der Waals surface area (Å²) in [5.41, 5.74) is 1.71. The summed E-state index contributed by atoms with van der Waals surface area (Å²) in [5.74, 6) is 2.54. The number of hydrogen-bond acceptors (Lipinski definition) is 6. The Labute approximate surface area is 159 Å². The van der Waals surface area contributed by atoms with E-state index in [2.05, 4.69) is 15.2 Å². The van der Waals surface area contributed by atoms with E-state index in [9.17, 15) is 4.79 Å². The van der Waals surface area contributed by atoms with Gasteiger partial charge in [-0.2, -0.15) is 0 Å². The van der Waals surface area contributed by atoms with Crippen LogP contribution < -0.4 is 10.2 Å². The van der Waals surface area contributed by atoms with Crippen molar-refractivity contribution in [2.75, 3.05) is 31.2 Å². The first kappa shape index (κ1) is 18.0. The average Bonchev–Trinajstić information content (AvgIpc) is 3.28. The minimum absolute atomic E-state index is 0.0759. The van der Waals surface area contributed by atoms with Gasteiger partial charge in [-0.3, -0.25) is 4.79 Å². The predicted molar refractivity (Wildman–Crippen MR) is 101 cm³/mol. The van der Waals surface area contributed by atoms with E-state index in [0.29, 0.717) is 17.2 Å². The number of nitrogens with one attached hydrogen (secondary N) is 1. The summed E-state index contributed by atoms with van der Waals surface area (Å²) in [4.78, 5) is 23.9. The van der Waals surface area contributed by atoms with Gasteiger partial charge in [0.05, 0.1) is 5.56 Å². The summed E-state index contributed by atoms with van der Waals surface area (Å²) in [5, 5.41) is 3.11. The first-order valence-corrected chi connectivity index (χ1v) is 9.63. The van der Waals surface area contributed by atoms with Gasteiger partial charge in [-0.1, -0.05) is 0 Å². The molecule has 2 aliphatic heterocycles. The molecule has 0 aromatic carbocycles. The second-order valence-electron chi connectivity index (χ2n) is 7.40. The van der Waals surface area contributed by atoms with Gasteiger partial charge in [-0.05, 0) is 45.2 Å². The molecule has 27 heavy (non-hydrogen) atoms. The van der Waals surface area contributed by atoms with Crippen LogP contribution in [0.25, 0.3) is 0 Å². The highest BCUT2D eigenvalue weighted by Gasteiger charge is 2.27. The molecule has 1 N–H and O–H groups in total. The number of nitrogens with zero attached hydrogens (tertiary/aromatic N) is 3. The van der Waals surface area contributed by atoms with Crippen molar-refractivity contribution in [3.05, 3.63) is 41.1 Å².